The summed E-state index contributed by atoms with van der Waals surface area (Å²) in [5, 5.41) is 2.88. The van der Waals surface area contributed by atoms with Crippen LogP contribution in [0.3, 0.4) is 0 Å². The average Bonchev–Trinajstić information content (AvgIpc) is 2.43. The van der Waals surface area contributed by atoms with Crippen LogP contribution < -0.4 is 10.1 Å². The van der Waals surface area contributed by atoms with Crippen molar-refractivity contribution >= 4 is 5.91 Å². The largest absolute Gasteiger partial charge is 0.489 e. The minimum Gasteiger partial charge on any atom is -0.489 e. The molecule has 20 heavy (non-hydrogen) atoms. The lowest BCUT2D eigenvalue weighted by atomic mass is 10.1. The van der Waals surface area contributed by atoms with E-state index in [0.29, 0.717) is 13.2 Å². The Labute approximate surface area is 120 Å². The summed E-state index contributed by atoms with van der Waals surface area (Å²) in [4.78, 5) is 13.9. The van der Waals surface area contributed by atoms with Crippen LogP contribution in [-0.2, 0) is 11.3 Å². The number of piperazine rings is 1. The zero-order chi connectivity index (χ0) is 14.5. The highest BCUT2D eigenvalue weighted by molar-refractivity contribution is 5.82. The Morgan fingerprint density at radius 3 is 3.00 bits per heavy atom. The van der Waals surface area contributed by atoms with E-state index in [2.05, 4.69) is 16.8 Å². The van der Waals surface area contributed by atoms with Crippen LogP contribution >= 0.6 is 0 Å². The molecule has 0 saturated carbocycles. The van der Waals surface area contributed by atoms with Crippen molar-refractivity contribution in [3.8, 4) is 5.75 Å². The van der Waals surface area contributed by atoms with Gasteiger partial charge in [0, 0.05) is 25.2 Å². The minimum atomic E-state index is -0.0991. The summed E-state index contributed by atoms with van der Waals surface area (Å²) in [5.41, 5.74) is 2.10. The number of hydrogen-bond acceptors (Lipinski definition) is 3. The van der Waals surface area contributed by atoms with Crippen LogP contribution in [0.25, 0.3) is 0 Å². The van der Waals surface area contributed by atoms with E-state index in [-0.39, 0.29) is 11.9 Å². The maximum atomic E-state index is 11.7. The number of para-hydroxylation sites is 1. The first kappa shape index (κ1) is 14.6. The number of amides is 1. The van der Waals surface area contributed by atoms with E-state index < -0.39 is 0 Å². The smallest absolute Gasteiger partial charge is 0.237 e. The SMILES string of the molecule is C=C(C)COc1ccccc1CN1CCNC(=O)[C@@H]1C. The van der Waals surface area contributed by atoms with Crippen LogP contribution in [-0.4, -0.2) is 36.5 Å². The van der Waals surface area contributed by atoms with Crippen LogP contribution in [0.15, 0.2) is 36.4 Å². The van der Waals surface area contributed by atoms with Crippen molar-refractivity contribution in [2.45, 2.75) is 26.4 Å². The molecule has 4 heteroatoms. The summed E-state index contributed by atoms with van der Waals surface area (Å²) in [6.45, 7) is 10.5. The first-order valence-corrected chi connectivity index (χ1v) is 6.95. The number of hydrogen-bond donors (Lipinski definition) is 1. The molecule has 1 aromatic rings. The average molecular weight is 274 g/mol. The highest BCUT2D eigenvalue weighted by atomic mass is 16.5. The summed E-state index contributed by atoms with van der Waals surface area (Å²) in [6, 6.07) is 7.87. The number of nitrogens with zero attached hydrogens (tertiary/aromatic N) is 1. The Hall–Kier alpha value is -1.81. The molecular formula is C16H22N2O2. The lowest BCUT2D eigenvalue weighted by molar-refractivity contribution is -0.128. The predicted molar refractivity (Wildman–Crippen MR) is 79.6 cm³/mol. The van der Waals surface area contributed by atoms with E-state index in [1.165, 1.54) is 0 Å². The van der Waals surface area contributed by atoms with Gasteiger partial charge >= 0.3 is 0 Å². The summed E-state index contributed by atoms with van der Waals surface area (Å²) < 4.78 is 5.78. The molecule has 1 saturated heterocycles. The molecule has 108 valence electrons. The first-order valence-electron chi connectivity index (χ1n) is 6.95. The van der Waals surface area contributed by atoms with Crippen molar-refractivity contribution in [1.82, 2.24) is 10.2 Å². The molecule has 1 aromatic carbocycles. The van der Waals surface area contributed by atoms with Gasteiger partial charge in [0.15, 0.2) is 0 Å². The van der Waals surface area contributed by atoms with Gasteiger partial charge in [0.25, 0.3) is 0 Å². The molecule has 0 radical (unpaired) electrons. The van der Waals surface area contributed by atoms with Gasteiger partial charge in [0.2, 0.25) is 5.91 Å². The van der Waals surface area contributed by atoms with Gasteiger partial charge in [-0.25, -0.2) is 0 Å². The van der Waals surface area contributed by atoms with E-state index in [9.17, 15) is 4.79 Å². The number of carbonyl (C=O) groups excluding carboxylic acids is 1. The highest BCUT2D eigenvalue weighted by Gasteiger charge is 2.25. The van der Waals surface area contributed by atoms with E-state index in [0.717, 1.165) is 30.0 Å². The molecule has 1 heterocycles. The molecule has 1 aliphatic heterocycles. The second-order valence-corrected chi connectivity index (χ2v) is 5.29. The van der Waals surface area contributed by atoms with E-state index in [4.69, 9.17) is 4.74 Å². The Morgan fingerprint density at radius 1 is 1.50 bits per heavy atom. The summed E-state index contributed by atoms with van der Waals surface area (Å²) in [7, 11) is 0. The van der Waals surface area contributed by atoms with Crippen molar-refractivity contribution < 1.29 is 9.53 Å². The monoisotopic (exact) mass is 274 g/mol. The maximum absolute atomic E-state index is 11.7. The van der Waals surface area contributed by atoms with Gasteiger partial charge < -0.3 is 10.1 Å². The number of rotatable bonds is 5. The first-order chi connectivity index (χ1) is 9.58. The molecule has 0 aliphatic carbocycles. The number of ether oxygens (including phenoxy) is 1. The molecule has 0 bridgehead atoms. The Bertz CT molecular complexity index is 499. The van der Waals surface area contributed by atoms with Gasteiger partial charge in [-0.1, -0.05) is 24.8 Å². The van der Waals surface area contributed by atoms with Crippen molar-refractivity contribution in [3.63, 3.8) is 0 Å². The van der Waals surface area contributed by atoms with Crippen LogP contribution in [0.5, 0.6) is 5.75 Å². The highest BCUT2D eigenvalue weighted by Crippen LogP contribution is 2.21. The second-order valence-electron chi connectivity index (χ2n) is 5.29. The van der Waals surface area contributed by atoms with E-state index >= 15 is 0 Å². The molecular weight excluding hydrogens is 252 g/mol. The van der Waals surface area contributed by atoms with Gasteiger partial charge in [-0.15, -0.1) is 0 Å². The molecule has 2 rings (SSSR count). The Kier molecular flexibility index (Phi) is 4.79. The quantitative estimate of drug-likeness (QED) is 0.835. The minimum absolute atomic E-state index is 0.0941. The molecule has 4 nitrogen and oxygen atoms in total. The Balaban J connectivity index is 2.08. The van der Waals surface area contributed by atoms with Crippen LogP contribution in [0.2, 0.25) is 0 Å². The molecule has 0 spiro atoms. The number of carbonyl (C=O) groups is 1. The molecule has 1 atom stereocenters. The summed E-state index contributed by atoms with van der Waals surface area (Å²) in [6.07, 6.45) is 0. The maximum Gasteiger partial charge on any atom is 0.237 e. The van der Waals surface area contributed by atoms with Crippen molar-refractivity contribution in [1.29, 1.82) is 0 Å². The fraction of sp³-hybridized carbons (Fsp3) is 0.438. The zero-order valence-electron chi connectivity index (χ0n) is 12.2. The number of nitrogens with one attached hydrogen (secondary N) is 1. The number of benzene rings is 1. The molecule has 0 aromatic heterocycles. The van der Waals surface area contributed by atoms with E-state index in [1.807, 2.05) is 38.1 Å². The predicted octanol–water partition coefficient (Wildman–Crippen LogP) is 1.96. The van der Waals surface area contributed by atoms with Gasteiger partial charge in [0.1, 0.15) is 12.4 Å². The fourth-order valence-electron chi connectivity index (χ4n) is 2.24. The molecule has 1 aliphatic rings. The van der Waals surface area contributed by atoms with E-state index in [1.54, 1.807) is 0 Å². The molecule has 0 unspecified atom stereocenters. The lowest BCUT2D eigenvalue weighted by Crippen LogP contribution is -2.53. The lowest BCUT2D eigenvalue weighted by Gasteiger charge is -2.33. The zero-order valence-corrected chi connectivity index (χ0v) is 12.2. The third kappa shape index (κ3) is 3.61. The van der Waals surface area contributed by atoms with Crippen molar-refractivity contribution in [2.24, 2.45) is 0 Å². The summed E-state index contributed by atoms with van der Waals surface area (Å²) >= 11 is 0. The third-order valence-corrected chi connectivity index (χ3v) is 3.45. The van der Waals surface area contributed by atoms with Gasteiger partial charge in [-0.2, -0.15) is 0 Å². The standard InChI is InChI=1S/C16H22N2O2/c1-12(2)11-20-15-7-5-4-6-14(15)10-18-9-8-17-16(19)13(18)3/h4-7,13H,1,8-11H2,2-3H3,(H,17,19)/t13-/m0/s1. The van der Waals surface area contributed by atoms with Crippen LogP contribution in [0.4, 0.5) is 0 Å². The molecule has 1 amide bonds. The summed E-state index contributed by atoms with van der Waals surface area (Å²) in [5.74, 6) is 0.963. The molecule has 1 fully saturated rings. The van der Waals surface area contributed by atoms with Crippen molar-refractivity contribution in [3.05, 3.63) is 42.0 Å². The normalized spacial score (nSPS) is 19.5. The Morgan fingerprint density at radius 2 is 2.25 bits per heavy atom. The fourth-order valence-corrected chi connectivity index (χ4v) is 2.24. The van der Waals surface area contributed by atoms with Crippen LogP contribution in [0, 0.1) is 0 Å². The van der Waals surface area contributed by atoms with Crippen LogP contribution in [0.1, 0.15) is 19.4 Å². The second kappa shape index (κ2) is 6.57. The van der Waals surface area contributed by atoms with Gasteiger partial charge in [0.05, 0.1) is 6.04 Å². The molecule has 1 N–H and O–H groups in total. The van der Waals surface area contributed by atoms with Gasteiger partial charge in [-0.05, 0) is 25.5 Å². The topological polar surface area (TPSA) is 41.6 Å². The van der Waals surface area contributed by atoms with Gasteiger partial charge in [-0.3, -0.25) is 9.69 Å². The third-order valence-electron chi connectivity index (χ3n) is 3.45. The van der Waals surface area contributed by atoms with Crippen molar-refractivity contribution in [2.75, 3.05) is 19.7 Å².